The van der Waals surface area contributed by atoms with Gasteiger partial charge >= 0.3 is 0 Å². The van der Waals surface area contributed by atoms with Crippen LogP contribution in [0.3, 0.4) is 0 Å². The maximum atomic E-state index is 11.3. The third-order valence-corrected chi connectivity index (χ3v) is 3.77. The zero-order valence-corrected chi connectivity index (χ0v) is 13.2. The topological polar surface area (TPSA) is 78.3 Å². The summed E-state index contributed by atoms with van der Waals surface area (Å²) in [6.07, 6.45) is 0.495. The van der Waals surface area contributed by atoms with E-state index < -0.39 is 5.41 Å². The molecule has 106 valence electrons. The van der Waals surface area contributed by atoms with Crippen LogP contribution in [0.5, 0.6) is 5.75 Å². The molecule has 19 heavy (non-hydrogen) atoms. The number of primary amides is 1. The van der Waals surface area contributed by atoms with Crippen LogP contribution < -0.4 is 16.2 Å². The smallest absolute Gasteiger partial charge is 0.223 e. The number of benzene rings is 1. The summed E-state index contributed by atoms with van der Waals surface area (Å²) in [5, 5.41) is 0. The summed E-state index contributed by atoms with van der Waals surface area (Å²) >= 11 is 3.49. The van der Waals surface area contributed by atoms with Crippen molar-refractivity contribution in [3.05, 3.63) is 28.2 Å². The van der Waals surface area contributed by atoms with E-state index in [1.807, 2.05) is 25.1 Å². The second-order valence-corrected chi connectivity index (χ2v) is 6.03. The average Bonchev–Trinajstić information content (AvgIpc) is 2.28. The number of nitrogens with two attached hydrogens (primary N) is 2. The molecule has 1 amide bonds. The SMILES string of the molecule is CCOc1ccc(C(N)CC(C)(C)C(N)=O)c(Br)c1. The third-order valence-electron chi connectivity index (χ3n) is 3.08. The molecule has 0 aliphatic rings. The van der Waals surface area contributed by atoms with Crippen molar-refractivity contribution in [2.75, 3.05) is 6.61 Å². The van der Waals surface area contributed by atoms with Gasteiger partial charge in [-0.25, -0.2) is 0 Å². The molecule has 1 aromatic rings. The Bertz CT molecular complexity index is 461. The zero-order chi connectivity index (χ0) is 14.6. The van der Waals surface area contributed by atoms with Crippen molar-refractivity contribution in [3.63, 3.8) is 0 Å². The minimum Gasteiger partial charge on any atom is -0.494 e. The van der Waals surface area contributed by atoms with Crippen molar-refractivity contribution in [2.24, 2.45) is 16.9 Å². The predicted molar refractivity (Wildman–Crippen MR) is 79.8 cm³/mol. The van der Waals surface area contributed by atoms with Crippen LogP contribution in [0.15, 0.2) is 22.7 Å². The van der Waals surface area contributed by atoms with Crippen molar-refractivity contribution in [2.45, 2.75) is 33.2 Å². The van der Waals surface area contributed by atoms with Crippen LogP contribution in [0.4, 0.5) is 0 Å². The van der Waals surface area contributed by atoms with E-state index in [4.69, 9.17) is 16.2 Å². The number of carbonyl (C=O) groups excluding carboxylic acids is 1. The quantitative estimate of drug-likeness (QED) is 0.842. The van der Waals surface area contributed by atoms with E-state index in [2.05, 4.69) is 15.9 Å². The molecule has 0 fully saturated rings. The van der Waals surface area contributed by atoms with Crippen LogP contribution in [0, 0.1) is 5.41 Å². The van der Waals surface area contributed by atoms with Gasteiger partial charge in [0.2, 0.25) is 5.91 Å². The van der Waals surface area contributed by atoms with Crippen molar-refractivity contribution in [1.29, 1.82) is 0 Å². The van der Waals surface area contributed by atoms with E-state index >= 15 is 0 Å². The number of hydrogen-bond acceptors (Lipinski definition) is 3. The Morgan fingerprint density at radius 1 is 1.47 bits per heavy atom. The summed E-state index contributed by atoms with van der Waals surface area (Å²) in [6, 6.07) is 5.42. The van der Waals surface area contributed by atoms with E-state index in [0.29, 0.717) is 13.0 Å². The highest BCUT2D eigenvalue weighted by molar-refractivity contribution is 9.10. The number of halogens is 1. The Morgan fingerprint density at radius 2 is 2.11 bits per heavy atom. The van der Waals surface area contributed by atoms with Gasteiger partial charge in [0.25, 0.3) is 0 Å². The highest BCUT2D eigenvalue weighted by atomic mass is 79.9. The van der Waals surface area contributed by atoms with Gasteiger partial charge in [0, 0.05) is 15.9 Å². The summed E-state index contributed by atoms with van der Waals surface area (Å²) in [6.45, 7) is 6.16. The Balaban J connectivity index is 2.88. The van der Waals surface area contributed by atoms with Gasteiger partial charge in [-0.2, -0.15) is 0 Å². The molecule has 0 bridgehead atoms. The fraction of sp³-hybridized carbons (Fsp3) is 0.500. The summed E-state index contributed by atoms with van der Waals surface area (Å²) in [5.74, 6) is 0.449. The highest BCUT2D eigenvalue weighted by Gasteiger charge is 2.28. The Labute approximate surface area is 122 Å². The van der Waals surface area contributed by atoms with Gasteiger partial charge in [-0.05, 0) is 31.0 Å². The first-order valence-electron chi connectivity index (χ1n) is 6.25. The van der Waals surface area contributed by atoms with Gasteiger partial charge in [0.1, 0.15) is 5.75 Å². The fourth-order valence-electron chi connectivity index (χ4n) is 1.83. The van der Waals surface area contributed by atoms with Crippen molar-refractivity contribution >= 4 is 21.8 Å². The van der Waals surface area contributed by atoms with Crippen molar-refractivity contribution in [3.8, 4) is 5.75 Å². The van der Waals surface area contributed by atoms with Gasteiger partial charge < -0.3 is 16.2 Å². The lowest BCUT2D eigenvalue weighted by molar-refractivity contribution is -0.126. The van der Waals surface area contributed by atoms with Crippen LogP contribution in [0.25, 0.3) is 0 Å². The van der Waals surface area contributed by atoms with Crippen LogP contribution >= 0.6 is 15.9 Å². The Kier molecular flexibility index (Phi) is 5.38. The first-order chi connectivity index (χ1) is 8.77. The van der Waals surface area contributed by atoms with Gasteiger partial charge in [-0.1, -0.05) is 35.8 Å². The molecule has 0 saturated heterocycles. The number of rotatable bonds is 6. The number of hydrogen-bond donors (Lipinski definition) is 2. The molecular weight excluding hydrogens is 308 g/mol. The molecule has 1 aromatic carbocycles. The monoisotopic (exact) mass is 328 g/mol. The maximum Gasteiger partial charge on any atom is 0.223 e. The normalized spacial score (nSPS) is 13.1. The van der Waals surface area contributed by atoms with Crippen LogP contribution in [-0.2, 0) is 4.79 Å². The molecular formula is C14H21BrN2O2. The number of amides is 1. The van der Waals surface area contributed by atoms with Gasteiger partial charge in [0.15, 0.2) is 0 Å². The van der Waals surface area contributed by atoms with E-state index in [0.717, 1.165) is 15.8 Å². The van der Waals surface area contributed by atoms with Crippen LogP contribution in [0.2, 0.25) is 0 Å². The summed E-state index contributed by atoms with van der Waals surface area (Å²) in [5.41, 5.74) is 11.9. The van der Waals surface area contributed by atoms with Crippen molar-refractivity contribution in [1.82, 2.24) is 0 Å². The second-order valence-electron chi connectivity index (χ2n) is 5.18. The Morgan fingerprint density at radius 3 is 2.58 bits per heavy atom. The van der Waals surface area contributed by atoms with Crippen LogP contribution in [0.1, 0.15) is 38.8 Å². The summed E-state index contributed by atoms with van der Waals surface area (Å²) in [4.78, 5) is 11.3. The lowest BCUT2D eigenvalue weighted by Gasteiger charge is -2.25. The molecule has 0 aliphatic heterocycles. The average molecular weight is 329 g/mol. The molecule has 4 nitrogen and oxygen atoms in total. The minimum atomic E-state index is -0.628. The van der Waals surface area contributed by atoms with E-state index in [1.54, 1.807) is 13.8 Å². The molecule has 1 rings (SSSR count). The van der Waals surface area contributed by atoms with E-state index in [1.165, 1.54) is 0 Å². The molecule has 0 spiro atoms. The molecule has 4 N–H and O–H groups in total. The number of carbonyl (C=O) groups is 1. The van der Waals surface area contributed by atoms with Crippen LogP contribution in [-0.4, -0.2) is 12.5 Å². The second kappa shape index (κ2) is 6.39. The third kappa shape index (κ3) is 4.21. The molecule has 0 saturated carbocycles. The molecule has 0 heterocycles. The molecule has 0 radical (unpaired) electrons. The summed E-state index contributed by atoms with van der Waals surface area (Å²) in [7, 11) is 0. The summed E-state index contributed by atoms with van der Waals surface area (Å²) < 4.78 is 6.30. The van der Waals surface area contributed by atoms with Crippen molar-refractivity contribution < 1.29 is 9.53 Å². The zero-order valence-electron chi connectivity index (χ0n) is 11.6. The largest absolute Gasteiger partial charge is 0.494 e. The van der Waals surface area contributed by atoms with E-state index in [9.17, 15) is 4.79 Å². The van der Waals surface area contributed by atoms with Gasteiger partial charge in [0.05, 0.1) is 6.61 Å². The Hall–Kier alpha value is -1.07. The lowest BCUT2D eigenvalue weighted by atomic mass is 9.83. The first kappa shape index (κ1) is 16.0. The maximum absolute atomic E-state index is 11.3. The standard InChI is InChI=1S/C14H21BrN2O2/c1-4-19-9-5-6-10(11(15)7-9)12(16)8-14(2,3)13(17)18/h5-7,12H,4,8,16H2,1-3H3,(H2,17,18). The van der Waals surface area contributed by atoms with E-state index in [-0.39, 0.29) is 11.9 Å². The highest BCUT2D eigenvalue weighted by Crippen LogP contribution is 2.33. The predicted octanol–water partition coefficient (Wildman–Crippen LogP) is 2.75. The molecule has 1 atom stereocenters. The lowest BCUT2D eigenvalue weighted by Crippen LogP contribution is -2.34. The minimum absolute atomic E-state index is 0.257. The van der Waals surface area contributed by atoms with Gasteiger partial charge in [-0.15, -0.1) is 0 Å². The number of ether oxygens (including phenoxy) is 1. The molecule has 0 aromatic heterocycles. The molecule has 5 heteroatoms. The molecule has 0 aliphatic carbocycles. The fourth-order valence-corrected chi connectivity index (χ4v) is 2.48. The molecule has 1 unspecified atom stereocenters. The first-order valence-corrected chi connectivity index (χ1v) is 7.05. The van der Waals surface area contributed by atoms with Gasteiger partial charge in [-0.3, -0.25) is 4.79 Å².